The van der Waals surface area contributed by atoms with E-state index in [1.54, 1.807) is 12.1 Å². The van der Waals surface area contributed by atoms with Gasteiger partial charge in [0.1, 0.15) is 31.9 Å². The number of nitrogens with zero attached hydrogens (tertiary/aromatic N) is 1. The lowest BCUT2D eigenvalue weighted by atomic mass is 10.1. The predicted octanol–water partition coefficient (Wildman–Crippen LogP) is 5.21. The number of likely N-dealkylation sites (tertiary alicyclic amines) is 1. The van der Waals surface area contributed by atoms with Crippen molar-refractivity contribution < 1.29 is 52.2 Å². The highest BCUT2D eigenvalue weighted by molar-refractivity contribution is 7.33. The Morgan fingerprint density at radius 2 is 1.52 bits per heavy atom. The number of rotatable bonds is 22. The van der Waals surface area contributed by atoms with Crippen molar-refractivity contribution in [2.45, 2.75) is 103 Å². The van der Waals surface area contributed by atoms with E-state index in [-0.39, 0.29) is 39.3 Å². The van der Waals surface area contributed by atoms with E-state index in [4.69, 9.17) is 18.5 Å². The number of carboxylic acids is 1. The van der Waals surface area contributed by atoms with Crippen LogP contribution in [-0.2, 0) is 50.7 Å². The fourth-order valence-corrected chi connectivity index (χ4v) is 6.15. The summed E-state index contributed by atoms with van der Waals surface area (Å²) in [4.78, 5) is 63.9. The minimum atomic E-state index is -2.79. The van der Waals surface area contributed by atoms with Crippen molar-refractivity contribution in [2.24, 2.45) is 0 Å². The molecule has 2 unspecified atom stereocenters. The Hall–Kier alpha value is -4.59. The maximum atomic E-state index is 13.5. The van der Waals surface area contributed by atoms with Crippen molar-refractivity contribution in [3.63, 3.8) is 0 Å². The topological polar surface area (TPSA) is 199 Å². The summed E-state index contributed by atoms with van der Waals surface area (Å²) in [6.07, 6.45) is 1.45. The van der Waals surface area contributed by atoms with Crippen LogP contribution < -0.4 is 16.0 Å². The molecule has 1 heterocycles. The van der Waals surface area contributed by atoms with Crippen molar-refractivity contribution in [2.75, 3.05) is 19.7 Å². The number of unbranched alkanes of at least 4 members (excludes halogenated alkanes) is 2. The highest BCUT2D eigenvalue weighted by Gasteiger charge is 2.40. The van der Waals surface area contributed by atoms with Gasteiger partial charge in [-0.3, -0.25) is 9.59 Å². The Labute approximate surface area is 305 Å². The Morgan fingerprint density at radius 1 is 0.885 bits per heavy atom. The third-order valence-corrected chi connectivity index (χ3v) is 9.12. The average molecular weight is 746 g/mol. The fourth-order valence-electron chi connectivity index (χ4n) is 5.44. The summed E-state index contributed by atoms with van der Waals surface area (Å²) in [6.45, 7) is 3.83. The first-order valence-electron chi connectivity index (χ1n) is 17.6. The molecule has 0 spiro atoms. The van der Waals surface area contributed by atoms with Crippen LogP contribution in [0.2, 0.25) is 0 Å². The van der Waals surface area contributed by atoms with Gasteiger partial charge < -0.3 is 35.4 Å². The zero-order chi connectivity index (χ0) is 37.7. The van der Waals surface area contributed by atoms with Gasteiger partial charge in [0.25, 0.3) is 5.91 Å². The van der Waals surface area contributed by atoms with Crippen LogP contribution in [0.5, 0.6) is 0 Å². The number of benzene rings is 2. The van der Waals surface area contributed by atoms with Crippen LogP contribution in [0.3, 0.4) is 0 Å². The molecule has 2 aromatic carbocycles. The first-order chi connectivity index (χ1) is 25.1. The van der Waals surface area contributed by atoms with Crippen LogP contribution in [0.25, 0.3) is 0 Å². The summed E-state index contributed by atoms with van der Waals surface area (Å²) in [6, 6.07) is 15.8. The van der Waals surface area contributed by atoms with E-state index < -0.39 is 62.5 Å². The molecule has 1 fully saturated rings. The van der Waals surface area contributed by atoms with Crippen LogP contribution in [0.15, 0.2) is 60.7 Å². The molecule has 0 aromatic heterocycles. The largest absolute Gasteiger partial charge is 0.698 e. The molecule has 0 saturated carbocycles. The van der Waals surface area contributed by atoms with Crippen molar-refractivity contribution in [1.82, 2.24) is 20.9 Å². The molecule has 15 nitrogen and oxygen atoms in total. The van der Waals surface area contributed by atoms with Gasteiger partial charge in [0, 0.05) is 17.7 Å². The molecule has 2 aromatic rings. The maximum Gasteiger partial charge on any atom is 0.698 e. The molecule has 0 bridgehead atoms. The minimum absolute atomic E-state index is 0.00564. The number of ether oxygens (including phenoxy) is 2. The molecule has 0 radical (unpaired) electrons. The summed E-state index contributed by atoms with van der Waals surface area (Å²) in [5.74, 6) is -2.22. The van der Waals surface area contributed by atoms with Crippen LogP contribution in [0.1, 0.15) is 76.3 Å². The number of alkyl carbamates (subject to hydrolysis) is 2. The van der Waals surface area contributed by atoms with Crippen molar-refractivity contribution in [3.8, 4) is 0 Å². The zero-order valence-corrected chi connectivity index (χ0v) is 30.6. The molecule has 3 rings (SSSR count). The fraction of sp³-hybridized carbons (Fsp3) is 0.528. The first-order valence-corrected chi connectivity index (χ1v) is 18.7. The van der Waals surface area contributed by atoms with Gasteiger partial charge >= 0.3 is 26.4 Å². The van der Waals surface area contributed by atoms with Gasteiger partial charge in [-0.25, -0.2) is 14.4 Å². The Kier molecular flexibility index (Phi) is 18.6. The molecule has 5 atom stereocenters. The van der Waals surface area contributed by atoms with Crippen molar-refractivity contribution in [3.05, 3.63) is 71.8 Å². The van der Waals surface area contributed by atoms with E-state index in [1.165, 1.54) is 11.8 Å². The SMILES string of the molecule is CCCCC(CO[P+](=O)O[C@@H](C)C(=O)N1CCC[C@H]1C(=O)O)NC(=O)[C@H](CCCCNC(=O)OCc1ccccc1)NC(=O)OCc1ccccc1. The monoisotopic (exact) mass is 745 g/mol. The normalized spacial score (nSPS) is 15.8. The molecule has 1 aliphatic heterocycles. The quantitative estimate of drug-likeness (QED) is 0.0912. The smallest absolute Gasteiger partial charge is 0.480 e. The predicted molar refractivity (Wildman–Crippen MR) is 190 cm³/mol. The van der Waals surface area contributed by atoms with Gasteiger partial charge in [0.15, 0.2) is 6.10 Å². The van der Waals surface area contributed by atoms with Gasteiger partial charge in [-0.2, -0.15) is 0 Å². The molecule has 52 heavy (non-hydrogen) atoms. The van der Waals surface area contributed by atoms with Gasteiger partial charge in [0.05, 0.1) is 6.04 Å². The first kappa shape index (κ1) is 41.8. The second-order valence-electron chi connectivity index (χ2n) is 12.4. The van der Waals surface area contributed by atoms with Crippen LogP contribution >= 0.6 is 8.25 Å². The molecular formula is C36H50N4O11P+. The number of carboxylic acid groups (broad SMARTS) is 1. The molecular weight excluding hydrogens is 695 g/mol. The van der Waals surface area contributed by atoms with Crippen molar-refractivity contribution in [1.29, 1.82) is 0 Å². The third kappa shape index (κ3) is 15.3. The molecule has 16 heteroatoms. The molecule has 0 aliphatic carbocycles. The minimum Gasteiger partial charge on any atom is -0.480 e. The van der Waals surface area contributed by atoms with E-state index in [9.17, 15) is 33.6 Å². The van der Waals surface area contributed by atoms with E-state index >= 15 is 0 Å². The Bertz CT molecular complexity index is 1450. The lowest BCUT2D eigenvalue weighted by Crippen LogP contribution is -2.50. The molecule has 4 N–H and O–H groups in total. The molecule has 4 amide bonds. The highest BCUT2D eigenvalue weighted by Crippen LogP contribution is 2.29. The number of amides is 4. The lowest BCUT2D eigenvalue weighted by Gasteiger charge is -2.23. The summed E-state index contributed by atoms with van der Waals surface area (Å²) in [5, 5.41) is 17.6. The summed E-state index contributed by atoms with van der Waals surface area (Å²) in [7, 11) is -2.79. The van der Waals surface area contributed by atoms with Crippen molar-refractivity contribution >= 4 is 38.2 Å². The second kappa shape index (κ2) is 23.1. The lowest BCUT2D eigenvalue weighted by molar-refractivity contribution is -0.151. The summed E-state index contributed by atoms with van der Waals surface area (Å²) < 4.78 is 33.9. The second-order valence-corrected chi connectivity index (χ2v) is 13.3. The van der Waals surface area contributed by atoms with Gasteiger partial charge in [0.2, 0.25) is 5.91 Å². The van der Waals surface area contributed by atoms with Gasteiger partial charge in [-0.15, -0.1) is 9.05 Å². The number of carbonyl (C=O) groups is 5. The molecule has 1 saturated heterocycles. The Morgan fingerprint density at radius 3 is 2.13 bits per heavy atom. The van der Waals surface area contributed by atoms with Crippen LogP contribution in [0, 0.1) is 0 Å². The van der Waals surface area contributed by atoms with Gasteiger partial charge in [-0.1, -0.05) is 80.4 Å². The van der Waals surface area contributed by atoms with E-state index in [1.807, 2.05) is 55.5 Å². The Balaban J connectivity index is 1.53. The molecule has 1 aliphatic rings. The third-order valence-electron chi connectivity index (χ3n) is 8.27. The van der Waals surface area contributed by atoms with E-state index in [0.29, 0.717) is 38.5 Å². The number of hydrogen-bond acceptors (Lipinski definition) is 10. The standard InChI is InChI=1S/C36H49N4O11P/c1-3-4-18-29(25-50-52(47)51-26(2)33(42)40-22-13-20-31(40)34(43)44)38-32(41)30(39-36(46)49-24-28-16-9-6-10-17-28)19-11-12-21-37-35(45)48-23-27-14-7-5-8-15-27/h5-10,14-17,26,29-31H,3-4,11-13,18-25H2,1-2H3,(H3-,37,38,39,41,43,44,45,46)/p+1/t26-,29?,30-,31-/m0/s1. The maximum absolute atomic E-state index is 13.5. The van der Waals surface area contributed by atoms with Crippen LogP contribution in [0.4, 0.5) is 9.59 Å². The number of nitrogens with one attached hydrogen (secondary N) is 3. The zero-order valence-electron chi connectivity index (χ0n) is 29.7. The summed E-state index contributed by atoms with van der Waals surface area (Å²) >= 11 is 0. The number of aliphatic carboxylic acids is 1. The number of hydrogen-bond donors (Lipinski definition) is 4. The molecule has 284 valence electrons. The average Bonchev–Trinajstić information content (AvgIpc) is 3.65. The van der Waals surface area contributed by atoms with E-state index in [0.717, 1.165) is 17.5 Å². The highest BCUT2D eigenvalue weighted by atomic mass is 31.1. The van der Waals surface area contributed by atoms with Gasteiger partial charge in [-0.05, 0) is 56.6 Å². The summed E-state index contributed by atoms with van der Waals surface area (Å²) in [5.41, 5.74) is 1.63. The van der Waals surface area contributed by atoms with E-state index in [2.05, 4.69) is 16.0 Å². The van der Waals surface area contributed by atoms with Crippen LogP contribution in [-0.4, -0.2) is 83.9 Å². The number of carbonyl (C=O) groups excluding carboxylic acids is 4.